The molecule has 126 valence electrons. The Balaban J connectivity index is 1.79. The molecule has 0 aromatic heterocycles. The van der Waals surface area contributed by atoms with E-state index in [1.165, 1.54) is 16.2 Å². The van der Waals surface area contributed by atoms with Crippen molar-refractivity contribution in [3.8, 4) is 0 Å². The molecule has 1 nitrogen and oxygen atoms in total. The fourth-order valence-corrected chi connectivity index (χ4v) is 4.27. The van der Waals surface area contributed by atoms with Gasteiger partial charge in [0, 0.05) is 12.0 Å². The molecule has 0 amide bonds. The number of halogens is 1. The first-order valence-corrected chi connectivity index (χ1v) is 11.7. The van der Waals surface area contributed by atoms with Crippen molar-refractivity contribution in [3.05, 3.63) is 60.2 Å². The maximum atomic E-state index is 12.5. The van der Waals surface area contributed by atoms with Gasteiger partial charge in [-0.3, -0.25) is 4.79 Å². The number of benzene rings is 3. The molecule has 24 heavy (non-hydrogen) atoms. The van der Waals surface area contributed by atoms with Crippen molar-refractivity contribution in [2.24, 2.45) is 0 Å². The lowest BCUT2D eigenvalue weighted by molar-refractivity contribution is 0.0980. The van der Waals surface area contributed by atoms with E-state index in [4.69, 9.17) is 10.7 Å². The van der Waals surface area contributed by atoms with Gasteiger partial charge < -0.3 is 0 Å². The molecule has 0 unspecified atom stereocenters. The molecule has 0 bridgehead atoms. The van der Waals surface area contributed by atoms with Gasteiger partial charge in [0.15, 0.2) is 5.78 Å². The van der Waals surface area contributed by atoms with Gasteiger partial charge in [-0.15, -0.1) is 0 Å². The van der Waals surface area contributed by atoms with Gasteiger partial charge >= 0.3 is 0 Å². The first kappa shape index (κ1) is 17.3. The molecule has 3 aromatic rings. The van der Waals surface area contributed by atoms with Crippen molar-refractivity contribution in [1.29, 1.82) is 0 Å². The summed E-state index contributed by atoms with van der Waals surface area (Å²) in [6, 6.07) is 18.6. The molecule has 0 fully saturated rings. The van der Waals surface area contributed by atoms with Gasteiger partial charge in [0.25, 0.3) is 0 Å². The maximum Gasteiger partial charge on any atom is 0.162 e. The van der Waals surface area contributed by atoms with Crippen LogP contribution in [-0.4, -0.2) is 24.0 Å². The highest BCUT2D eigenvalue weighted by Crippen LogP contribution is 2.45. The third-order valence-electron chi connectivity index (χ3n) is 4.35. The largest absolute Gasteiger partial charge is 0.294 e. The van der Waals surface area contributed by atoms with E-state index < -0.39 is 9.24 Å². The average Bonchev–Trinajstić information content (AvgIpc) is 2.57. The molecule has 0 heterocycles. The first-order valence-electron chi connectivity index (χ1n) is 8.29. The zero-order valence-electron chi connectivity index (χ0n) is 14.2. The molecule has 0 saturated carbocycles. The van der Waals surface area contributed by atoms with E-state index in [1.807, 2.05) is 18.2 Å². The molecular formula is C21H23ClOS. The molecule has 0 saturated heterocycles. The van der Waals surface area contributed by atoms with Gasteiger partial charge in [-0.05, 0) is 58.7 Å². The van der Waals surface area contributed by atoms with Crippen LogP contribution < -0.4 is 0 Å². The Morgan fingerprint density at radius 1 is 0.917 bits per heavy atom. The molecule has 0 atom stereocenters. The predicted octanol–water partition coefficient (Wildman–Crippen LogP) is 6.56. The second-order valence-corrected chi connectivity index (χ2v) is 12.4. The summed E-state index contributed by atoms with van der Waals surface area (Å²) in [6.07, 6.45) is 6.74. The van der Waals surface area contributed by atoms with E-state index in [9.17, 15) is 4.79 Å². The molecule has 0 radical (unpaired) electrons. The Labute approximate surface area is 149 Å². The smallest absolute Gasteiger partial charge is 0.162 e. The van der Waals surface area contributed by atoms with Crippen molar-refractivity contribution < 1.29 is 4.79 Å². The maximum absolute atomic E-state index is 12.5. The van der Waals surface area contributed by atoms with Crippen molar-refractivity contribution in [2.45, 2.75) is 19.3 Å². The molecule has 3 heteroatoms. The quantitative estimate of drug-likeness (QED) is 0.277. The summed E-state index contributed by atoms with van der Waals surface area (Å²) in [6.45, 7) is 0. The van der Waals surface area contributed by atoms with Crippen LogP contribution in [0.25, 0.3) is 21.5 Å². The molecule has 0 spiro atoms. The monoisotopic (exact) mass is 358 g/mol. The lowest BCUT2D eigenvalue weighted by Gasteiger charge is -2.21. The lowest BCUT2D eigenvalue weighted by Crippen LogP contribution is -2.01. The van der Waals surface area contributed by atoms with E-state index in [0.29, 0.717) is 6.42 Å². The van der Waals surface area contributed by atoms with Crippen LogP contribution in [-0.2, 0) is 0 Å². The van der Waals surface area contributed by atoms with E-state index in [1.54, 1.807) is 0 Å². The fraction of sp³-hybridized carbons (Fsp3) is 0.286. The molecule has 0 aliphatic carbocycles. The van der Waals surface area contributed by atoms with E-state index >= 15 is 0 Å². The minimum atomic E-state index is -0.979. The third-order valence-corrected chi connectivity index (χ3v) is 6.07. The van der Waals surface area contributed by atoms with Gasteiger partial charge in [-0.25, -0.2) is 0 Å². The van der Waals surface area contributed by atoms with Crippen LogP contribution in [0.5, 0.6) is 0 Å². The van der Waals surface area contributed by atoms with E-state index in [-0.39, 0.29) is 5.78 Å². The number of rotatable bonds is 6. The molecule has 3 rings (SSSR count). The molecular weight excluding hydrogens is 336 g/mol. The normalized spacial score (nSPS) is 12.6. The molecule has 0 N–H and O–H groups in total. The standard InChI is InChI=1S/C21H23ClOS/c1-24(2,22)14-6-5-9-21(23)18-13-12-17-11-10-16-7-3-4-8-19(16)20(17)15-18/h3-4,7-8,10-13,15H,5-6,9,14H2,1-2H3. The summed E-state index contributed by atoms with van der Waals surface area (Å²) < 4.78 is 0. The van der Waals surface area contributed by atoms with Crippen LogP contribution in [0.1, 0.15) is 29.6 Å². The van der Waals surface area contributed by atoms with Crippen molar-refractivity contribution >= 4 is 47.3 Å². The summed E-state index contributed by atoms with van der Waals surface area (Å²) in [5.41, 5.74) is 0.816. The van der Waals surface area contributed by atoms with E-state index in [2.05, 4.69) is 48.9 Å². The summed E-state index contributed by atoms with van der Waals surface area (Å²) in [5.74, 6) is 1.25. The van der Waals surface area contributed by atoms with Crippen LogP contribution in [0.2, 0.25) is 0 Å². The Bertz CT molecular complexity index is 880. The van der Waals surface area contributed by atoms with Crippen LogP contribution in [0, 0.1) is 0 Å². The molecule has 0 aliphatic rings. The number of carbonyl (C=O) groups excluding carboxylic acids is 1. The topological polar surface area (TPSA) is 17.1 Å². The minimum Gasteiger partial charge on any atom is -0.294 e. The summed E-state index contributed by atoms with van der Waals surface area (Å²) in [4.78, 5) is 12.5. The predicted molar refractivity (Wildman–Crippen MR) is 110 cm³/mol. The third kappa shape index (κ3) is 4.12. The Morgan fingerprint density at radius 2 is 1.58 bits per heavy atom. The lowest BCUT2D eigenvalue weighted by atomic mass is 9.97. The van der Waals surface area contributed by atoms with Crippen LogP contribution in [0.4, 0.5) is 0 Å². The van der Waals surface area contributed by atoms with Crippen LogP contribution >= 0.6 is 19.9 Å². The van der Waals surface area contributed by atoms with Gasteiger partial charge in [0.1, 0.15) is 0 Å². The SMILES string of the molecule is CS(C)(Cl)CCCCC(=O)c1ccc2ccc3ccccc3c2c1. The number of fused-ring (bicyclic) bond motifs is 3. The highest BCUT2D eigenvalue weighted by atomic mass is 35.7. The summed E-state index contributed by atoms with van der Waals surface area (Å²) >= 11 is 0. The second-order valence-electron chi connectivity index (χ2n) is 6.71. The average molecular weight is 359 g/mol. The van der Waals surface area contributed by atoms with Gasteiger partial charge in [0.2, 0.25) is 0 Å². The summed E-state index contributed by atoms with van der Waals surface area (Å²) in [7, 11) is 5.31. The number of hydrogen-bond donors (Lipinski definition) is 0. The second kappa shape index (κ2) is 7.16. The van der Waals surface area contributed by atoms with Crippen molar-refractivity contribution in [3.63, 3.8) is 0 Å². The Morgan fingerprint density at radius 3 is 2.33 bits per heavy atom. The van der Waals surface area contributed by atoms with E-state index in [0.717, 1.165) is 29.5 Å². The van der Waals surface area contributed by atoms with Crippen LogP contribution in [0.3, 0.4) is 0 Å². The van der Waals surface area contributed by atoms with Crippen molar-refractivity contribution in [2.75, 3.05) is 18.3 Å². The number of carbonyl (C=O) groups is 1. The highest BCUT2D eigenvalue weighted by Gasteiger charge is 2.10. The number of hydrogen-bond acceptors (Lipinski definition) is 1. The number of Topliss-reactive ketones (excluding diaryl/α,β-unsaturated/α-hetero) is 1. The Hall–Kier alpha value is -1.51. The summed E-state index contributed by atoms with van der Waals surface area (Å²) in [5, 5.41) is 4.75. The Kier molecular flexibility index (Phi) is 5.17. The minimum absolute atomic E-state index is 0.229. The highest BCUT2D eigenvalue weighted by molar-refractivity contribution is 8.50. The molecule has 0 aliphatic heterocycles. The zero-order chi connectivity index (χ0) is 17.2. The van der Waals surface area contributed by atoms with Gasteiger partial charge in [0.05, 0.1) is 0 Å². The first-order chi connectivity index (χ1) is 11.4. The number of unbranched alkanes of at least 4 members (excludes halogenated alkanes) is 1. The van der Waals surface area contributed by atoms with Gasteiger partial charge in [-0.2, -0.15) is 9.24 Å². The number of ketones is 1. The van der Waals surface area contributed by atoms with Gasteiger partial charge in [-0.1, -0.05) is 59.2 Å². The zero-order valence-corrected chi connectivity index (χ0v) is 15.8. The van der Waals surface area contributed by atoms with Crippen LogP contribution in [0.15, 0.2) is 54.6 Å². The fourth-order valence-electron chi connectivity index (χ4n) is 3.05. The van der Waals surface area contributed by atoms with Crippen molar-refractivity contribution in [1.82, 2.24) is 0 Å². The molecule has 3 aromatic carbocycles.